The molecule has 2 heterocycles. The van der Waals surface area contributed by atoms with Gasteiger partial charge in [0.05, 0.1) is 18.4 Å². The van der Waals surface area contributed by atoms with E-state index in [0.717, 1.165) is 22.8 Å². The van der Waals surface area contributed by atoms with Crippen LogP contribution >= 0.6 is 11.8 Å². The first-order chi connectivity index (χ1) is 12.6. The van der Waals surface area contributed by atoms with Crippen LogP contribution in [-0.2, 0) is 5.75 Å². The molecule has 134 valence electrons. The molecule has 0 saturated carbocycles. The summed E-state index contributed by atoms with van der Waals surface area (Å²) in [5.74, 6) is 1.96. The Bertz CT molecular complexity index is 887. The Morgan fingerprint density at radius 3 is 2.65 bits per heavy atom. The molecule has 6 nitrogen and oxygen atoms in total. The van der Waals surface area contributed by atoms with Crippen molar-refractivity contribution >= 4 is 23.4 Å². The summed E-state index contributed by atoms with van der Waals surface area (Å²) in [7, 11) is 1.60. The molecule has 0 spiro atoms. The second-order valence-corrected chi connectivity index (χ2v) is 6.59. The minimum atomic E-state index is -0.204. The van der Waals surface area contributed by atoms with Crippen LogP contribution in [0, 0.1) is 13.8 Å². The number of anilines is 1. The number of methoxy groups -OCH3 is 1. The van der Waals surface area contributed by atoms with Gasteiger partial charge in [0.25, 0.3) is 5.91 Å². The van der Waals surface area contributed by atoms with Gasteiger partial charge in [-0.1, -0.05) is 5.16 Å². The van der Waals surface area contributed by atoms with E-state index in [2.05, 4.69) is 15.5 Å². The fraction of sp³-hybridized carbons (Fsp3) is 0.211. The summed E-state index contributed by atoms with van der Waals surface area (Å²) >= 11 is 1.49. The normalized spacial score (nSPS) is 10.6. The van der Waals surface area contributed by atoms with Crippen LogP contribution in [0.5, 0.6) is 5.75 Å². The Morgan fingerprint density at radius 1 is 1.23 bits per heavy atom. The number of benzene rings is 1. The Balaban J connectivity index is 1.74. The van der Waals surface area contributed by atoms with Crippen LogP contribution in [0.2, 0.25) is 0 Å². The van der Waals surface area contributed by atoms with E-state index < -0.39 is 0 Å². The number of nitrogens with one attached hydrogen (secondary N) is 1. The third-order valence-electron chi connectivity index (χ3n) is 3.90. The molecule has 0 bridgehead atoms. The molecule has 1 amide bonds. The second kappa shape index (κ2) is 8.05. The molecule has 0 unspecified atom stereocenters. The van der Waals surface area contributed by atoms with E-state index in [1.54, 1.807) is 49.7 Å². The topological polar surface area (TPSA) is 77.2 Å². The van der Waals surface area contributed by atoms with Crippen molar-refractivity contribution in [3.8, 4) is 5.75 Å². The van der Waals surface area contributed by atoms with Crippen molar-refractivity contribution in [2.45, 2.75) is 24.6 Å². The summed E-state index contributed by atoms with van der Waals surface area (Å²) in [4.78, 5) is 17.0. The molecule has 3 rings (SSSR count). The van der Waals surface area contributed by atoms with Crippen molar-refractivity contribution in [3.05, 3.63) is 65.2 Å². The molecule has 7 heteroatoms. The van der Waals surface area contributed by atoms with E-state index >= 15 is 0 Å². The van der Waals surface area contributed by atoms with Gasteiger partial charge in [-0.15, -0.1) is 11.8 Å². The van der Waals surface area contributed by atoms with Crippen LogP contribution in [0.3, 0.4) is 0 Å². The van der Waals surface area contributed by atoms with Crippen molar-refractivity contribution in [2.75, 3.05) is 12.4 Å². The number of rotatable bonds is 6. The van der Waals surface area contributed by atoms with Gasteiger partial charge < -0.3 is 14.6 Å². The van der Waals surface area contributed by atoms with E-state index in [0.29, 0.717) is 22.0 Å². The molecule has 0 radical (unpaired) electrons. The van der Waals surface area contributed by atoms with Gasteiger partial charge in [-0.05, 0) is 50.2 Å². The van der Waals surface area contributed by atoms with E-state index in [4.69, 9.17) is 9.26 Å². The van der Waals surface area contributed by atoms with Gasteiger partial charge in [0.1, 0.15) is 16.5 Å². The monoisotopic (exact) mass is 369 g/mol. The summed E-state index contributed by atoms with van der Waals surface area (Å²) < 4.78 is 10.3. The lowest BCUT2D eigenvalue weighted by Crippen LogP contribution is -2.13. The minimum Gasteiger partial charge on any atom is -0.497 e. The van der Waals surface area contributed by atoms with E-state index in [1.807, 2.05) is 13.8 Å². The number of ether oxygens (including phenoxy) is 1. The first-order valence-corrected chi connectivity index (χ1v) is 9.02. The zero-order chi connectivity index (χ0) is 18.5. The number of nitrogens with zero attached hydrogens (tertiary/aromatic N) is 2. The first-order valence-electron chi connectivity index (χ1n) is 8.03. The average molecular weight is 369 g/mol. The van der Waals surface area contributed by atoms with Crippen LogP contribution < -0.4 is 10.1 Å². The maximum atomic E-state index is 12.7. The Hall–Kier alpha value is -2.80. The molecular weight excluding hydrogens is 350 g/mol. The molecule has 0 atom stereocenters. The third-order valence-corrected chi connectivity index (χ3v) is 4.93. The number of thioether (sulfide) groups is 1. The van der Waals surface area contributed by atoms with E-state index in [-0.39, 0.29) is 5.91 Å². The largest absolute Gasteiger partial charge is 0.497 e. The summed E-state index contributed by atoms with van der Waals surface area (Å²) in [6.07, 6.45) is 1.68. The zero-order valence-corrected chi connectivity index (χ0v) is 15.6. The van der Waals surface area contributed by atoms with Crippen LogP contribution in [0.4, 0.5) is 5.69 Å². The molecule has 1 aromatic carbocycles. The highest BCUT2D eigenvalue weighted by molar-refractivity contribution is 7.98. The van der Waals surface area contributed by atoms with Crippen molar-refractivity contribution in [2.24, 2.45) is 0 Å². The molecule has 0 fully saturated rings. The Labute approximate surface area is 156 Å². The van der Waals surface area contributed by atoms with E-state index in [9.17, 15) is 4.79 Å². The SMILES string of the molecule is COc1ccc(NC(=O)c2cccnc2SCc2c(C)noc2C)cc1. The lowest BCUT2D eigenvalue weighted by atomic mass is 10.2. The van der Waals surface area contributed by atoms with E-state index in [1.165, 1.54) is 11.8 Å². The average Bonchev–Trinajstić information content (AvgIpc) is 2.98. The molecule has 0 aliphatic rings. The van der Waals surface area contributed by atoms with Crippen LogP contribution in [0.15, 0.2) is 52.1 Å². The van der Waals surface area contributed by atoms with Gasteiger partial charge >= 0.3 is 0 Å². The number of pyridine rings is 1. The van der Waals surface area contributed by atoms with Crippen LogP contribution in [-0.4, -0.2) is 23.2 Å². The predicted octanol–water partition coefficient (Wildman–Crippen LogP) is 4.24. The summed E-state index contributed by atoms with van der Waals surface area (Å²) in [5.41, 5.74) is 3.11. The molecule has 0 aliphatic heterocycles. The Kier molecular flexibility index (Phi) is 5.58. The quantitative estimate of drug-likeness (QED) is 0.655. The predicted molar refractivity (Wildman–Crippen MR) is 101 cm³/mol. The van der Waals surface area contributed by atoms with Crippen molar-refractivity contribution < 1.29 is 14.1 Å². The maximum absolute atomic E-state index is 12.7. The molecule has 3 aromatic rings. The molecule has 0 saturated heterocycles. The van der Waals surface area contributed by atoms with Gasteiger partial charge in [-0.2, -0.15) is 0 Å². The summed E-state index contributed by atoms with van der Waals surface area (Å²) in [6.45, 7) is 3.79. The summed E-state index contributed by atoms with van der Waals surface area (Å²) in [6, 6.07) is 10.7. The smallest absolute Gasteiger partial charge is 0.258 e. The van der Waals surface area contributed by atoms with Gasteiger partial charge in [-0.25, -0.2) is 4.98 Å². The lowest BCUT2D eigenvalue weighted by molar-refractivity contribution is 0.102. The Morgan fingerprint density at radius 2 is 2.00 bits per heavy atom. The minimum absolute atomic E-state index is 0.204. The number of amides is 1. The van der Waals surface area contributed by atoms with Crippen molar-refractivity contribution in [1.29, 1.82) is 0 Å². The van der Waals surface area contributed by atoms with Crippen LogP contribution in [0.25, 0.3) is 0 Å². The molecule has 0 aliphatic carbocycles. The third kappa shape index (κ3) is 4.05. The lowest BCUT2D eigenvalue weighted by Gasteiger charge is -2.09. The maximum Gasteiger partial charge on any atom is 0.258 e. The fourth-order valence-electron chi connectivity index (χ4n) is 2.40. The highest BCUT2D eigenvalue weighted by Crippen LogP contribution is 2.27. The number of aromatic nitrogens is 2. The second-order valence-electron chi connectivity index (χ2n) is 5.63. The molecule has 2 aromatic heterocycles. The number of aryl methyl sites for hydroxylation is 2. The molecular formula is C19H19N3O3S. The van der Waals surface area contributed by atoms with Gasteiger partial charge in [-0.3, -0.25) is 4.79 Å². The molecule has 26 heavy (non-hydrogen) atoms. The van der Waals surface area contributed by atoms with Crippen molar-refractivity contribution in [1.82, 2.24) is 10.1 Å². The number of hydrogen-bond donors (Lipinski definition) is 1. The highest BCUT2D eigenvalue weighted by atomic mass is 32.2. The first kappa shape index (κ1) is 18.0. The molecule has 1 N–H and O–H groups in total. The standard InChI is InChI=1S/C19H19N3O3S/c1-12-17(13(2)25-22-12)11-26-19-16(5-4-10-20-19)18(23)21-14-6-8-15(24-3)9-7-14/h4-10H,11H2,1-3H3,(H,21,23). The number of hydrogen-bond acceptors (Lipinski definition) is 6. The number of carbonyl (C=O) groups is 1. The summed E-state index contributed by atoms with van der Waals surface area (Å²) in [5, 5.41) is 7.51. The number of carbonyl (C=O) groups excluding carboxylic acids is 1. The highest BCUT2D eigenvalue weighted by Gasteiger charge is 2.15. The van der Waals surface area contributed by atoms with Gasteiger partial charge in [0.15, 0.2) is 0 Å². The van der Waals surface area contributed by atoms with Crippen molar-refractivity contribution in [3.63, 3.8) is 0 Å². The van der Waals surface area contributed by atoms with Gasteiger partial charge in [0.2, 0.25) is 0 Å². The fourth-order valence-corrected chi connectivity index (χ4v) is 3.54. The van der Waals surface area contributed by atoms with Gasteiger partial charge in [0, 0.05) is 23.2 Å². The van der Waals surface area contributed by atoms with Crippen LogP contribution in [0.1, 0.15) is 27.4 Å². The zero-order valence-electron chi connectivity index (χ0n) is 14.8.